The molecule has 0 saturated carbocycles. The highest BCUT2D eigenvalue weighted by molar-refractivity contribution is 5.89. The van der Waals surface area contributed by atoms with Crippen LogP contribution in [-0.4, -0.2) is 17.3 Å². The van der Waals surface area contributed by atoms with E-state index in [1.54, 1.807) is 30.5 Å². The zero-order valence-corrected chi connectivity index (χ0v) is 9.88. The highest BCUT2D eigenvalue weighted by Gasteiger charge is 2.00. The van der Waals surface area contributed by atoms with Crippen LogP contribution in [0.1, 0.15) is 15.9 Å². The molecule has 2 aromatic carbocycles. The van der Waals surface area contributed by atoms with Crippen molar-refractivity contribution >= 4 is 17.9 Å². The third-order valence-corrected chi connectivity index (χ3v) is 2.41. The minimum atomic E-state index is -0.965. The summed E-state index contributed by atoms with van der Waals surface area (Å²) in [5, 5.41) is 12.7. The summed E-state index contributed by atoms with van der Waals surface area (Å²) >= 11 is 0. The minimum Gasteiger partial charge on any atom is -0.478 e. The van der Waals surface area contributed by atoms with Crippen LogP contribution in [0, 0.1) is 5.82 Å². The molecule has 0 aliphatic rings. The highest BCUT2D eigenvalue weighted by atomic mass is 19.1. The van der Waals surface area contributed by atoms with Gasteiger partial charge in [-0.05, 0) is 42.0 Å². The minimum absolute atomic E-state index is 0.226. The molecule has 0 aliphatic heterocycles. The van der Waals surface area contributed by atoms with Gasteiger partial charge in [-0.15, -0.1) is 0 Å². The van der Waals surface area contributed by atoms with Gasteiger partial charge in [0.25, 0.3) is 0 Å². The number of carboxylic acids is 1. The smallest absolute Gasteiger partial charge is 0.335 e. The molecule has 0 radical (unpaired) electrons. The van der Waals surface area contributed by atoms with Gasteiger partial charge in [0.15, 0.2) is 0 Å². The molecule has 5 heteroatoms. The summed E-state index contributed by atoms with van der Waals surface area (Å²) in [6.07, 6.45) is 1.55. The molecule has 0 bridgehead atoms. The molecule has 0 heterocycles. The summed E-state index contributed by atoms with van der Waals surface area (Å²) in [7, 11) is 0. The monoisotopic (exact) mass is 258 g/mol. The largest absolute Gasteiger partial charge is 0.478 e. The van der Waals surface area contributed by atoms with Crippen LogP contribution >= 0.6 is 0 Å². The summed E-state index contributed by atoms with van der Waals surface area (Å²) in [5.74, 6) is -1.27. The van der Waals surface area contributed by atoms with E-state index in [4.69, 9.17) is 5.11 Å². The van der Waals surface area contributed by atoms with Gasteiger partial charge in [-0.1, -0.05) is 12.1 Å². The number of halogens is 1. The normalized spacial score (nSPS) is 10.6. The Balaban J connectivity index is 1.98. The fraction of sp³-hybridized carbons (Fsp3) is 0. The first-order chi connectivity index (χ1) is 9.15. The van der Waals surface area contributed by atoms with Gasteiger partial charge in [0, 0.05) is 0 Å². The van der Waals surface area contributed by atoms with E-state index < -0.39 is 5.97 Å². The lowest BCUT2D eigenvalue weighted by Gasteiger charge is -1.99. The molecule has 2 N–H and O–H groups in total. The van der Waals surface area contributed by atoms with Crippen LogP contribution in [0.2, 0.25) is 0 Å². The summed E-state index contributed by atoms with van der Waals surface area (Å²) in [4.78, 5) is 10.7. The third-order valence-electron chi connectivity index (χ3n) is 2.41. The van der Waals surface area contributed by atoms with E-state index in [9.17, 15) is 9.18 Å². The van der Waals surface area contributed by atoms with Crippen LogP contribution in [0.15, 0.2) is 53.6 Å². The Hall–Kier alpha value is -2.69. The maximum atomic E-state index is 12.7. The zero-order valence-electron chi connectivity index (χ0n) is 9.88. The SMILES string of the molecule is O=C(O)c1ccc(C=NNc2ccc(F)cc2)cc1. The summed E-state index contributed by atoms with van der Waals surface area (Å²) in [6, 6.07) is 12.1. The van der Waals surface area contributed by atoms with Crippen molar-refractivity contribution < 1.29 is 14.3 Å². The predicted molar refractivity (Wildman–Crippen MR) is 71.0 cm³/mol. The van der Waals surface area contributed by atoms with Gasteiger partial charge in [0.2, 0.25) is 0 Å². The second-order valence-corrected chi connectivity index (χ2v) is 3.80. The summed E-state index contributed by atoms with van der Waals surface area (Å²) in [5.41, 5.74) is 4.40. The average Bonchev–Trinajstić information content (AvgIpc) is 2.41. The molecule has 4 nitrogen and oxygen atoms in total. The van der Waals surface area contributed by atoms with Crippen LogP contribution in [0.25, 0.3) is 0 Å². The predicted octanol–water partition coefficient (Wildman–Crippen LogP) is 2.97. The van der Waals surface area contributed by atoms with Gasteiger partial charge in [-0.3, -0.25) is 5.43 Å². The Morgan fingerprint density at radius 2 is 1.74 bits per heavy atom. The molecular weight excluding hydrogens is 247 g/mol. The fourth-order valence-corrected chi connectivity index (χ4v) is 1.42. The van der Waals surface area contributed by atoms with Gasteiger partial charge in [0.1, 0.15) is 5.82 Å². The first kappa shape index (κ1) is 12.8. The van der Waals surface area contributed by atoms with Crippen molar-refractivity contribution in [3.05, 3.63) is 65.5 Å². The molecule has 2 aromatic rings. The molecule has 0 fully saturated rings. The van der Waals surface area contributed by atoms with E-state index in [-0.39, 0.29) is 11.4 Å². The Morgan fingerprint density at radius 1 is 1.11 bits per heavy atom. The van der Waals surface area contributed by atoms with Crippen LogP contribution in [0.4, 0.5) is 10.1 Å². The van der Waals surface area contributed by atoms with E-state index in [0.717, 1.165) is 5.56 Å². The van der Waals surface area contributed by atoms with Gasteiger partial charge < -0.3 is 5.11 Å². The van der Waals surface area contributed by atoms with Crippen molar-refractivity contribution in [2.24, 2.45) is 5.10 Å². The number of carbonyl (C=O) groups is 1. The number of nitrogens with zero attached hydrogens (tertiary/aromatic N) is 1. The van der Waals surface area contributed by atoms with Crippen LogP contribution < -0.4 is 5.43 Å². The highest BCUT2D eigenvalue weighted by Crippen LogP contribution is 2.08. The summed E-state index contributed by atoms with van der Waals surface area (Å²) < 4.78 is 12.7. The second kappa shape index (κ2) is 5.77. The molecule has 2 rings (SSSR count). The number of aromatic carboxylic acids is 1. The molecule has 0 spiro atoms. The maximum absolute atomic E-state index is 12.7. The lowest BCUT2D eigenvalue weighted by molar-refractivity contribution is 0.0697. The molecule has 0 unspecified atom stereocenters. The molecule has 0 atom stereocenters. The lowest BCUT2D eigenvalue weighted by Crippen LogP contribution is -1.96. The number of anilines is 1. The number of carboxylic acid groups (broad SMARTS) is 1. The third kappa shape index (κ3) is 3.64. The standard InChI is InChI=1S/C14H11FN2O2/c15-12-5-7-13(8-6-12)17-16-9-10-1-3-11(4-2-10)14(18)19/h1-9,17H,(H,18,19). The first-order valence-electron chi connectivity index (χ1n) is 5.53. The fourth-order valence-electron chi connectivity index (χ4n) is 1.42. The number of nitrogens with one attached hydrogen (secondary N) is 1. The van der Waals surface area contributed by atoms with Crippen LogP contribution in [0.5, 0.6) is 0 Å². The van der Waals surface area contributed by atoms with Gasteiger partial charge in [-0.2, -0.15) is 5.10 Å². The topological polar surface area (TPSA) is 61.7 Å². The molecule has 96 valence electrons. The molecule has 0 saturated heterocycles. The van der Waals surface area contributed by atoms with Crippen molar-refractivity contribution in [1.82, 2.24) is 0 Å². The number of hydrazone groups is 1. The number of benzene rings is 2. The van der Waals surface area contributed by atoms with E-state index >= 15 is 0 Å². The Morgan fingerprint density at radius 3 is 2.32 bits per heavy atom. The van der Waals surface area contributed by atoms with E-state index in [1.165, 1.54) is 24.3 Å². The van der Waals surface area contributed by atoms with Crippen molar-refractivity contribution in [3.63, 3.8) is 0 Å². The van der Waals surface area contributed by atoms with Crippen molar-refractivity contribution in [1.29, 1.82) is 0 Å². The van der Waals surface area contributed by atoms with Crippen molar-refractivity contribution in [2.45, 2.75) is 0 Å². The lowest BCUT2D eigenvalue weighted by atomic mass is 10.1. The van der Waals surface area contributed by atoms with Gasteiger partial charge >= 0.3 is 5.97 Å². The maximum Gasteiger partial charge on any atom is 0.335 e. The van der Waals surface area contributed by atoms with Gasteiger partial charge in [0.05, 0.1) is 17.5 Å². The molecule has 0 aromatic heterocycles. The van der Waals surface area contributed by atoms with Gasteiger partial charge in [-0.25, -0.2) is 9.18 Å². The van der Waals surface area contributed by atoms with E-state index in [1.807, 2.05) is 0 Å². The average molecular weight is 258 g/mol. The van der Waals surface area contributed by atoms with E-state index in [2.05, 4.69) is 10.5 Å². The number of hydrogen-bond acceptors (Lipinski definition) is 3. The molecule has 0 amide bonds. The van der Waals surface area contributed by atoms with E-state index in [0.29, 0.717) is 5.69 Å². The Kier molecular flexibility index (Phi) is 3.87. The van der Waals surface area contributed by atoms with Crippen LogP contribution in [-0.2, 0) is 0 Å². The first-order valence-corrected chi connectivity index (χ1v) is 5.53. The number of hydrogen-bond donors (Lipinski definition) is 2. The number of rotatable bonds is 4. The zero-order chi connectivity index (χ0) is 13.7. The van der Waals surface area contributed by atoms with Crippen LogP contribution in [0.3, 0.4) is 0 Å². The molecular formula is C14H11FN2O2. The molecule has 0 aliphatic carbocycles. The Labute approximate surface area is 109 Å². The molecule has 19 heavy (non-hydrogen) atoms. The Bertz CT molecular complexity index is 592. The van der Waals surface area contributed by atoms with Crippen molar-refractivity contribution in [3.8, 4) is 0 Å². The quantitative estimate of drug-likeness (QED) is 0.654. The van der Waals surface area contributed by atoms with Crippen molar-refractivity contribution in [2.75, 3.05) is 5.43 Å². The summed E-state index contributed by atoms with van der Waals surface area (Å²) in [6.45, 7) is 0. The second-order valence-electron chi connectivity index (χ2n) is 3.80.